The lowest BCUT2D eigenvalue weighted by atomic mass is 10.1. The van der Waals surface area contributed by atoms with E-state index in [4.69, 9.17) is 4.74 Å². The predicted molar refractivity (Wildman–Crippen MR) is 84.9 cm³/mol. The maximum atomic E-state index is 11.6. The molecular formula is C16H23N3O2. The summed E-state index contributed by atoms with van der Waals surface area (Å²) in [7, 11) is 1.66. The average Bonchev–Trinajstić information content (AvgIpc) is 2.90. The first-order valence-electron chi connectivity index (χ1n) is 7.40. The molecule has 3 N–H and O–H groups in total. The number of carbonyl (C=O) groups excluding carboxylic acids is 1. The molecule has 0 saturated carbocycles. The molecule has 0 aliphatic rings. The zero-order valence-electron chi connectivity index (χ0n) is 12.7. The van der Waals surface area contributed by atoms with Crippen molar-refractivity contribution in [3.63, 3.8) is 0 Å². The fourth-order valence-electron chi connectivity index (χ4n) is 2.24. The number of benzene rings is 1. The van der Waals surface area contributed by atoms with Crippen molar-refractivity contribution >= 4 is 16.9 Å². The molecule has 0 bridgehead atoms. The molecule has 0 saturated heterocycles. The number of nitrogens with one attached hydrogen (secondary N) is 3. The molecule has 0 fully saturated rings. The van der Waals surface area contributed by atoms with Crippen LogP contribution in [-0.4, -0.2) is 31.2 Å². The molecule has 21 heavy (non-hydrogen) atoms. The van der Waals surface area contributed by atoms with Gasteiger partial charge < -0.3 is 20.4 Å². The van der Waals surface area contributed by atoms with Gasteiger partial charge in [-0.2, -0.15) is 0 Å². The van der Waals surface area contributed by atoms with Crippen molar-refractivity contribution < 1.29 is 9.53 Å². The highest BCUT2D eigenvalue weighted by Crippen LogP contribution is 2.23. The Bertz CT molecular complexity index is 592. The highest BCUT2D eigenvalue weighted by atomic mass is 16.5. The smallest absolute Gasteiger partial charge is 0.314 e. The standard InChI is InChI=1S/C16H23N3O2/c1-3-4-8-17-16(20)18-9-7-12-11-19-15-6-5-13(21-2)10-14(12)15/h5-6,10-11,19H,3-4,7-9H2,1-2H3,(H2,17,18,20). The van der Waals surface area contributed by atoms with Crippen LogP contribution < -0.4 is 15.4 Å². The van der Waals surface area contributed by atoms with Crippen molar-refractivity contribution in [2.75, 3.05) is 20.2 Å². The zero-order valence-corrected chi connectivity index (χ0v) is 12.7. The number of aromatic nitrogens is 1. The van der Waals surface area contributed by atoms with Gasteiger partial charge in [0.15, 0.2) is 0 Å². The Morgan fingerprint density at radius 2 is 2.10 bits per heavy atom. The van der Waals surface area contributed by atoms with Crippen molar-refractivity contribution in [2.24, 2.45) is 0 Å². The average molecular weight is 289 g/mol. The molecular weight excluding hydrogens is 266 g/mol. The molecule has 2 rings (SSSR count). The highest BCUT2D eigenvalue weighted by Gasteiger charge is 2.06. The molecule has 1 aromatic heterocycles. The summed E-state index contributed by atoms with van der Waals surface area (Å²) in [5.41, 5.74) is 2.26. The minimum Gasteiger partial charge on any atom is -0.497 e. The van der Waals surface area contributed by atoms with E-state index in [9.17, 15) is 4.79 Å². The molecule has 1 heterocycles. The third-order valence-corrected chi connectivity index (χ3v) is 3.47. The van der Waals surface area contributed by atoms with Crippen molar-refractivity contribution in [1.82, 2.24) is 15.6 Å². The van der Waals surface area contributed by atoms with Crippen molar-refractivity contribution in [3.8, 4) is 5.75 Å². The van der Waals surface area contributed by atoms with E-state index >= 15 is 0 Å². The van der Waals surface area contributed by atoms with Gasteiger partial charge in [-0.1, -0.05) is 13.3 Å². The van der Waals surface area contributed by atoms with Crippen LogP contribution in [0.4, 0.5) is 4.79 Å². The number of urea groups is 1. The number of H-pyrrole nitrogens is 1. The monoisotopic (exact) mass is 289 g/mol. The lowest BCUT2D eigenvalue weighted by molar-refractivity contribution is 0.241. The number of hydrogen-bond acceptors (Lipinski definition) is 2. The molecule has 0 atom stereocenters. The Labute approximate surface area is 125 Å². The number of hydrogen-bond donors (Lipinski definition) is 3. The summed E-state index contributed by atoms with van der Waals surface area (Å²) in [4.78, 5) is 14.8. The molecule has 0 unspecified atom stereocenters. The summed E-state index contributed by atoms with van der Waals surface area (Å²) >= 11 is 0. The molecule has 2 aromatic rings. The van der Waals surface area contributed by atoms with Gasteiger partial charge in [0.05, 0.1) is 7.11 Å². The van der Waals surface area contributed by atoms with Gasteiger partial charge >= 0.3 is 6.03 Å². The quantitative estimate of drug-likeness (QED) is 0.686. The summed E-state index contributed by atoms with van der Waals surface area (Å²) in [5.74, 6) is 0.841. The number of methoxy groups -OCH3 is 1. The van der Waals surface area contributed by atoms with E-state index in [2.05, 4.69) is 22.5 Å². The lowest BCUT2D eigenvalue weighted by Gasteiger charge is -2.07. The fraction of sp³-hybridized carbons (Fsp3) is 0.438. The van der Waals surface area contributed by atoms with E-state index in [1.54, 1.807) is 7.11 Å². The Balaban J connectivity index is 1.87. The first-order valence-corrected chi connectivity index (χ1v) is 7.40. The van der Waals surface area contributed by atoms with Crippen LogP contribution in [0.15, 0.2) is 24.4 Å². The Hall–Kier alpha value is -2.17. The number of ether oxygens (including phenoxy) is 1. The van der Waals surface area contributed by atoms with Crippen molar-refractivity contribution in [1.29, 1.82) is 0 Å². The summed E-state index contributed by atoms with van der Waals surface area (Å²) < 4.78 is 5.25. The van der Waals surface area contributed by atoms with E-state index in [0.29, 0.717) is 6.54 Å². The first-order chi connectivity index (χ1) is 10.2. The van der Waals surface area contributed by atoms with Crippen LogP contribution in [0.1, 0.15) is 25.3 Å². The van der Waals surface area contributed by atoms with Gasteiger partial charge in [0.25, 0.3) is 0 Å². The van der Waals surface area contributed by atoms with Gasteiger partial charge in [0, 0.05) is 30.2 Å². The second-order valence-corrected chi connectivity index (χ2v) is 5.01. The molecule has 2 amide bonds. The third-order valence-electron chi connectivity index (χ3n) is 3.47. The maximum Gasteiger partial charge on any atom is 0.314 e. The van der Waals surface area contributed by atoms with Gasteiger partial charge in [0.1, 0.15) is 5.75 Å². The molecule has 0 radical (unpaired) electrons. The van der Waals surface area contributed by atoms with Crippen LogP contribution in [0.5, 0.6) is 5.75 Å². The van der Waals surface area contributed by atoms with Gasteiger partial charge in [0.2, 0.25) is 0 Å². The van der Waals surface area contributed by atoms with Gasteiger partial charge in [-0.15, -0.1) is 0 Å². The Kier molecular flexibility index (Phi) is 5.49. The van der Waals surface area contributed by atoms with E-state index < -0.39 is 0 Å². The number of aromatic amines is 1. The number of fused-ring (bicyclic) bond motifs is 1. The van der Waals surface area contributed by atoms with Crippen LogP contribution in [-0.2, 0) is 6.42 Å². The minimum atomic E-state index is -0.0964. The van der Waals surface area contributed by atoms with Gasteiger partial charge in [-0.3, -0.25) is 0 Å². The number of carbonyl (C=O) groups is 1. The van der Waals surface area contributed by atoms with Crippen molar-refractivity contribution in [3.05, 3.63) is 30.0 Å². The fourth-order valence-corrected chi connectivity index (χ4v) is 2.24. The van der Waals surface area contributed by atoms with Crippen LogP contribution in [0.25, 0.3) is 10.9 Å². The molecule has 114 valence electrons. The van der Waals surface area contributed by atoms with Crippen molar-refractivity contribution in [2.45, 2.75) is 26.2 Å². The molecule has 0 aliphatic carbocycles. The third kappa shape index (κ3) is 4.15. The highest BCUT2D eigenvalue weighted by molar-refractivity contribution is 5.84. The molecule has 1 aromatic carbocycles. The SMILES string of the molecule is CCCCNC(=O)NCCc1c[nH]c2ccc(OC)cc12. The second kappa shape index (κ2) is 7.57. The molecule has 0 spiro atoms. The van der Waals surface area contributed by atoms with E-state index in [1.165, 1.54) is 5.56 Å². The normalized spacial score (nSPS) is 10.6. The maximum absolute atomic E-state index is 11.6. The first kappa shape index (κ1) is 15.2. The van der Waals surface area contributed by atoms with Crippen LogP contribution in [0.3, 0.4) is 0 Å². The summed E-state index contributed by atoms with van der Waals surface area (Å²) in [6.45, 7) is 3.44. The van der Waals surface area contributed by atoms with Crippen LogP contribution >= 0.6 is 0 Å². The van der Waals surface area contributed by atoms with E-state index in [-0.39, 0.29) is 6.03 Å². The summed E-state index contributed by atoms with van der Waals surface area (Å²) in [6.07, 6.45) is 4.86. The lowest BCUT2D eigenvalue weighted by Crippen LogP contribution is -2.37. The summed E-state index contributed by atoms with van der Waals surface area (Å²) in [6, 6.07) is 5.86. The predicted octanol–water partition coefficient (Wildman–Crippen LogP) is 2.82. The van der Waals surface area contributed by atoms with E-state index in [0.717, 1.165) is 42.5 Å². The van der Waals surface area contributed by atoms with Gasteiger partial charge in [-0.25, -0.2) is 4.79 Å². The Morgan fingerprint density at radius 1 is 1.29 bits per heavy atom. The largest absolute Gasteiger partial charge is 0.497 e. The van der Waals surface area contributed by atoms with Crippen LogP contribution in [0.2, 0.25) is 0 Å². The van der Waals surface area contributed by atoms with Gasteiger partial charge in [-0.05, 0) is 36.6 Å². The molecule has 5 nitrogen and oxygen atoms in total. The number of rotatable bonds is 7. The molecule has 5 heteroatoms. The number of amides is 2. The zero-order chi connectivity index (χ0) is 15.1. The van der Waals surface area contributed by atoms with Crippen LogP contribution in [0, 0.1) is 0 Å². The second-order valence-electron chi connectivity index (χ2n) is 5.01. The number of unbranched alkanes of at least 4 members (excludes halogenated alkanes) is 1. The Morgan fingerprint density at radius 3 is 2.86 bits per heavy atom. The summed E-state index contributed by atoms with van der Waals surface area (Å²) in [5, 5.41) is 6.86. The molecule has 0 aliphatic heterocycles. The topological polar surface area (TPSA) is 66.2 Å². The van der Waals surface area contributed by atoms with E-state index in [1.807, 2.05) is 24.4 Å². The minimum absolute atomic E-state index is 0.0964.